The molecule has 0 aliphatic carbocycles. The van der Waals surface area contributed by atoms with Gasteiger partial charge in [0.15, 0.2) is 5.78 Å². The van der Waals surface area contributed by atoms with Gasteiger partial charge >= 0.3 is 0 Å². The van der Waals surface area contributed by atoms with Crippen molar-refractivity contribution >= 4 is 42.7 Å². The van der Waals surface area contributed by atoms with E-state index in [1.165, 1.54) is 0 Å². The fourth-order valence-corrected chi connectivity index (χ4v) is 2.61. The number of rotatable bonds is 15. The lowest BCUT2D eigenvalue weighted by molar-refractivity contribution is -0.121. The average molecular weight is 364 g/mol. The Morgan fingerprint density at radius 3 is 2.30 bits per heavy atom. The summed E-state index contributed by atoms with van der Waals surface area (Å²) in [6, 6.07) is -1.16. The summed E-state index contributed by atoms with van der Waals surface area (Å²) in [6.07, 6.45) is 4.92. The molecule has 0 spiro atoms. The van der Waals surface area contributed by atoms with Crippen molar-refractivity contribution in [2.45, 2.75) is 44.8 Å². The monoisotopic (exact) mass is 363 g/mol. The van der Waals surface area contributed by atoms with Gasteiger partial charge in [0.1, 0.15) is 12.6 Å². The zero-order valence-electron chi connectivity index (χ0n) is 14.1. The van der Waals surface area contributed by atoms with Crippen LogP contribution in [0.2, 0.25) is 0 Å². The number of hydrogen-bond donors (Lipinski definition) is 4. The average Bonchev–Trinajstić information content (AvgIpc) is 2.54. The molecule has 0 aromatic heterocycles. The summed E-state index contributed by atoms with van der Waals surface area (Å²) < 4.78 is 0. The molecule has 3 atom stereocenters. The van der Waals surface area contributed by atoms with Crippen LogP contribution in [0.4, 0.5) is 0 Å². The fourth-order valence-electron chi connectivity index (χ4n) is 1.92. The Labute approximate surface area is 148 Å². The van der Waals surface area contributed by atoms with Crippen molar-refractivity contribution < 1.29 is 14.4 Å². The molecule has 23 heavy (non-hydrogen) atoms. The second-order valence-electron chi connectivity index (χ2n) is 5.77. The molecule has 0 unspecified atom stereocenters. The Bertz CT molecular complexity index is 357. The van der Waals surface area contributed by atoms with Crippen molar-refractivity contribution in [2.24, 2.45) is 5.92 Å². The highest BCUT2D eigenvalue weighted by atomic mass is 32.2. The minimum Gasteiger partial charge on any atom is -0.302 e. The van der Waals surface area contributed by atoms with Gasteiger partial charge in [0.2, 0.25) is 0 Å². The van der Waals surface area contributed by atoms with E-state index in [2.05, 4.69) is 28.8 Å². The topological polar surface area (TPSA) is 87.3 Å². The quantitative estimate of drug-likeness (QED) is 0.191. The van der Waals surface area contributed by atoms with Crippen LogP contribution < -0.4 is 16.2 Å². The molecule has 0 fully saturated rings. The highest BCUT2D eigenvalue weighted by Gasteiger charge is 2.20. The van der Waals surface area contributed by atoms with E-state index >= 15 is 0 Å². The van der Waals surface area contributed by atoms with Gasteiger partial charge in [-0.3, -0.25) is 4.79 Å². The van der Waals surface area contributed by atoms with Crippen LogP contribution in [0.3, 0.4) is 0 Å². The number of Topliss-reactive ketones (excluding diaryl/α,β-unsaturated/α-hetero) is 1. The summed E-state index contributed by atoms with van der Waals surface area (Å²) in [5.41, 5.74) is 5.92. The van der Waals surface area contributed by atoms with Crippen molar-refractivity contribution in [2.75, 3.05) is 24.3 Å². The molecule has 134 valence electrons. The van der Waals surface area contributed by atoms with Gasteiger partial charge in [0.05, 0.1) is 24.7 Å². The molecule has 0 heterocycles. The molecule has 0 saturated heterocycles. The minimum atomic E-state index is -0.430. The van der Waals surface area contributed by atoms with Crippen molar-refractivity contribution in [3.05, 3.63) is 0 Å². The highest BCUT2D eigenvalue weighted by Crippen LogP contribution is 2.04. The summed E-state index contributed by atoms with van der Waals surface area (Å²) in [4.78, 5) is 34.1. The first-order valence-corrected chi connectivity index (χ1v) is 9.78. The summed E-state index contributed by atoms with van der Waals surface area (Å²) >= 11 is 5.70. The van der Waals surface area contributed by atoms with E-state index in [1.54, 1.807) is 11.8 Å². The molecule has 0 aromatic carbocycles. The summed E-state index contributed by atoms with van der Waals surface area (Å²) in [6.45, 7) is 4.17. The summed E-state index contributed by atoms with van der Waals surface area (Å²) in [7, 11) is 0. The zero-order chi connectivity index (χ0) is 17.7. The lowest BCUT2D eigenvalue weighted by atomic mass is 10.1. The van der Waals surface area contributed by atoms with Gasteiger partial charge < -0.3 is 14.9 Å². The number of thiol groups is 1. The third-order valence-corrected chi connectivity index (χ3v) is 4.27. The Balaban J connectivity index is 4.50. The number of nitrogens with one attached hydrogen (secondary N) is 3. The SMILES string of the molecule is CSCC[C@H](NN[C@H](C=O)CC(C)C)C(=O)CN[C@H](C=O)CS. The molecule has 0 aliphatic rings. The van der Waals surface area contributed by atoms with Gasteiger partial charge in [-0.05, 0) is 30.8 Å². The summed E-state index contributed by atoms with van der Waals surface area (Å²) in [5, 5.41) is 2.87. The van der Waals surface area contributed by atoms with Crippen molar-refractivity contribution in [1.29, 1.82) is 0 Å². The van der Waals surface area contributed by atoms with E-state index < -0.39 is 12.1 Å². The second kappa shape index (κ2) is 14.0. The first-order chi connectivity index (χ1) is 11.0. The Morgan fingerprint density at radius 2 is 1.83 bits per heavy atom. The number of carbonyl (C=O) groups excluding carboxylic acids is 3. The van der Waals surface area contributed by atoms with Crippen LogP contribution in [0.5, 0.6) is 0 Å². The van der Waals surface area contributed by atoms with Crippen LogP contribution in [-0.4, -0.2) is 60.8 Å². The third-order valence-electron chi connectivity index (χ3n) is 3.23. The van der Waals surface area contributed by atoms with E-state index in [0.29, 0.717) is 24.5 Å². The molecule has 0 saturated carbocycles. The lowest BCUT2D eigenvalue weighted by Crippen LogP contribution is -2.53. The van der Waals surface area contributed by atoms with E-state index in [4.69, 9.17) is 0 Å². The highest BCUT2D eigenvalue weighted by molar-refractivity contribution is 7.98. The maximum atomic E-state index is 12.3. The van der Waals surface area contributed by atoms with Crippen LogP contribution in [-0.2, 0) is 14.4 Å². The molecule has 0 rings (SSSR count). The zero-order valence-corrected chi connectivity index (χ0v) is 15.8. The molecule has 0 bridgehead atoms. The standard InChI is InChI=1S/C15H29N3O3S2/c1-11(2)6-12(8-19)17-18-14(4-5-23-3)15(21)7-16-13(9-20)10-22/h8-9,11-14,16-18,22H,4-7,10H2,1-3H3/t12-,13+,14-/m0/s1. The van der Waals surface area contributed by atoms with Gasteiger partial charge in [-0.1, -0.05) is 13.8 Å². The largest absolute Gasteiger partial charge is 0.302 e. The predicted molar refractivity (Wildman–Crippen MR) is 99.1 cm³/mol. The van der Waals surface area contributed by atoms with Crippen molar-refractivity contribution in [1.82, 2.24) is 16.2 Å². The van der Waals surface area contributed by atoms with Gasteiger partial charge in [-0.25, -0.2) is 10.9 Å². The smallest absolute Gasteiger partial charge is 0.164 e. The number of ketones is 1. The predicted octanol–water partition coefficient (Wildman–Crippen LogP) is 0.472. The molecule has 0 amide bonds. The number of hydrogen-bond acceptors (Lipinski definition) is 8. The van der Waals surface area contributed by atoms with Gasteiger partial charge in [0.25, 0.3) is 0 Å². The van der Waals surface area contributed by atoms with Gasteiger partial charge in [-0.2, -0.15) is 24.4 Å². The number of thioether (sulfide) groups is 1. The van der Waals surface area contributed by atoms with E-state index in [1.807, 2.05) is 20.1 Å². The lowest BCUT2D eigenvalue weighted by Gasteiger charge is -2.22. The minimum absolute atomic E-state index is 0.0469. The molecule has 0 aromatic rings. The molecule has 3 N–H and O–H groups in total. The fraction of sp³-hybridized carbons (Fsp3) is 0.800. The number of aldehydes is 2. The first-order valence-electron chi connectivity index (χ1n) is 7.75. The van der Waals surface area contributed by atoms with E-state index in [-0.39, 0.29) is 18.4 Å². The van der Waals surface area contributed by atoms with Gasteiger partial charge in [0, 0.05) is 5.75 Å². The van der Waals surface area contributed by atoms with Crippen LogP contribution in [0, 0.1) is 5.92 Å². The molecule has 0 radical (unpaired) electrons. The van der Waals surface area contributed by atoms with E-state index in [9.17, 15) is 14.4 Å². The van der Waals surface area contributed by atoms with Gasteiger partial charge in [-0.15, -0.1) is 0 Å². The first kappa shape index (κ1) is 22.6. The third kappa shape index (κ3) is 10.9. The number of carbonyl (C=O) groups is 3. The van der Waals surface area contributed by atoms with Crippen molar-refractivity contribution in [3.8, 4) is 0 Å². The maximum Gasteiger partial charge on any atom is 0.164 e. The molecule has 6 nitrogen and oxygen atoms in total. The van der Waals surface area contributed by atoms with Crippen molar-refractivity contribution in [3.63, 3.8) is 0 Å². The Kier molecular flexibility index (Phi) is 13.7. The molecule has 0 aliphatic heterocycles. The molecular weight excluding hydrogens is 334 g/mol. The van der Waals surface area contributed by atoms with Crippen LogP contribution >= 0.6 is 24.4 Å². The summed E-state index contributed by atoms with van der Waals surface area (Å²) in [5.74, 6) is 1.50. The van der Waals surface area contributed by atoms with Crippen LogP contribution in [0.15, 0.2) is 0 Å². The normalized spacial score (nSPS) is 15.2. The van der Waals surface area contributed by atoms with E-state index in [0.717, 1.165) is 18.3 Å². The Hall–Kier alpha value is -0.410. The Morgan fingerprint density at radius 1 is 1.17 bits per heavy atom. The van der Waals surface area contributed by atoms with Crippen LogP contribution in [0.25, 0.3) is 0 Å². The maximum absolute atomic E-state index is 12.3. The molecular formula is C15H29N3O3S2. The second-order valence-corrected chi connectivity index (χ2v) is 7.12. The molecule has 8 heteroatoms. The van der Waals surface area contributed by atoms with Crippen LogP contribution in [0.1, 0.15) is 26.7 Å². The number of hydrazine groups is 1.